The van der Waals surface area contributed by atoms with Crippen LogP contribution in [0.25, 0.3) is 0 Å². The molecule has 1 heterocycles. The van der Waals surface area contributed by atoms with Gasteiger partial charge in [0.25, 0.3) is 5.92 Å². The molecule has 1 amide bonds. The lowest BCUT2D eigenvalue weighted by molar-refractivity contribution is -0.118. The van der Waals surface area contributed by atoms with Gasteiger partial charge >= 0.3 is 0 Å². The summed E-state index contributed by atoms with van der Waals surface area (Å²) in [4.78, 5) is 28.7. The van der Waals surface area contributed by atoms with Crippen molar-refractivity contribution < 1.29 is 23.1 Å². The van der Waals surface area contributed by atoms with E-state index in [1.54, 1.807) is 36.5 Å². The first-order valence-corrected chi connectivity index (χ1v) is 11.7. The van der Waals surface area contributed by atoms with Crippen LogP contribution in [0.4, 0.5) is 14.6 Å². The summed E-state index contributed by atoms with van der Waals surface area (Å²) in [6.45, 7) is 2.65. The molecule has 8 heteroatoms. The van der Waals surface area contributed by atoms with E-state index in [0.717, 1.165) is 30.9 Å². The Hall–Kier alpha value is -3.32. The standard InChI is InChI=1S/C27H25ClF2N2O3/c1-16-11-17(12-20(33)13-18-3-7-23(28)22(14-18)27(2,29)30)4-8-24(16)35-21-9-10-31-25(15-21)32-26(34)19-5-6-19/h3-4,7-11,14-15,19H,5-6,12-13H2,1-2H3,(H,31,32,34). The smallest absolute Gasteiger partial charge is 0.271 e. The Kier molecular flexibility index (Phi) is 7.17. The number of hydrogen-bond acceptors (Lipinski definition) is 4. The first-order chi connectivity index (χ1) is 16.6. The number of carbonyl (C=O) groups is 2. The minimum atomic E-state index is -3.08. The molecular weight excluding hydrogens is 474 g/mol. The Labute approximate surface area is 207 Å². The highest BCUT2D eigenvalue weighted by atomic mass is 35.5. The van der Waals surface area contributed by atoms with Crippen molar-refractivity contribution in [3.8, 4) is 11.5 Å². The van der Waals surface area contributed by atoms with Crippen molar-refractivity contribution in [3.63, 3.8) is 0 Å². The van der Waals surface area contributed by atoms with Crippen LogP contribution >= 0.6 is 11.6 Å². The highest BCUT2D eigenvalue weighted by molar-refractivity contribution is 6.31. The van der Waals surface area contributed by atoms with Crippen LogP contribution in [0.1, 0.15) is 42.0 Å². The van der Waals surface area contributed by atoms with E-state index in [4.69, 9.17) is 16.3 Å². The number of pyridine rings is 1. The Morgan fingerprint density at radius 1 is 1.09 bits per heavy atom. The first-order valence-electron chi connectivity index (χ1n) is 11.3. The highest BCUT2D eigenvalue weighted by Crippen LogP contribution is 2.34. The van der Waals surface area contributed by atoms with Gasteiger partial charge in [-0.05, 0) is 60.7 Å². The molecule has 0 radical (unpaired) electrons. The Balaban J connectivity index is 1.39. The van der Waals surface area contributed by atoms with Crippen LogP contribution in [0.3, 0.4) is 0 Å². The normalized spacial score (nSPS) is 13.4. The van der Waals surface area contributed by atoms with Gasteiger partial charge in [0.15, 0.2) is 0 Å². The number of aromatic nitrogens is 1. The topological polar surface area (TPSA) is 68.3 Å². The zero-order valence-electron chi connectivity index (χ0n) is 19.4. The van der Waals surface area contributed by atoms with Crippen LogP contribution in [-0.2, 0) is 28.4 Å². The number of hydrogen-bond donors (Lipinski definition) is 1. The van der Waals surface area contributed by atoms with Gasteiger partial charge in [-0.2, -0.15) is 0 Å². The molecule has 0 aliphatic heterocycles. The SMILES string of the molecule is Cc1cc(CC(=O)Cc2ccc(Cl)c(C(C)(F)F)c2)ccc1Oc1ccnc(NC(=O)C2CC2)c1. The fourth-order valence-electron chi connectivity index (χ4n) is 3.72. The van der Waals surface area contributed by atoms with Gasteiger partial charge in [-0.3, -0.25) is 9.59 Å². The number of anilines is 1. The van der Waals surface area contributed by atoms with Crippen molar-refractivity contribution in [2.24, 2.45) is 5.92 Å². The molecule has 1 aliphatic rings. The van der Waals surface area contributed by atoms with Crippen LogP contribution in [0.5, 0.6) is 11.5 Å². The van der Waals surface area contributed by atoms with E-state index < -0.39 is 5.92 Å². The van der Waals surface area contributed by atoms with E-state index in [-0.39, 0.29) is 41.0 Å². The summed E-state index contributed by atoms with van der Waals surface area (Å²) in [5.74, 6) is -1.56. The molecule has 0 unspecified atom stereocenters. The molecule has 4 rings (SSSR count). The van der Waals surface area contributed by atoms with Crippen LogP contribution < -0.4 is 10.1 Å². The molecule has 0 bridgehead atoms. The number of nitrogens with zero attached hydrogens (tertiary/aromatic N) is 1. The predicted octanol–water partition coefficient (Wildman–Crippen LogP) is 6.65. The van der Waals surface area contributed by atoms with Crippen molar-refractivity contribution in [3.05, 3.63) is 82.0 Å². The van der Waals surface area contributed by atoms with Crippen LogP contribution in [-0.4, -0.2) is 16.7 Å². The molecule has 1 fully saturated rings. The maximum Gasteiger partial charge on any atom is 0.271 e. The molecule has 1 aliphatic carbocycles. The maximum absolute atomic E-state index is 13.7. The van der Waals surface area contributed by atoms with Crippen LogP contribution in [0.15, 0.2) is 54.7 Å². The molecule has 0 spiro atoms. The fraction of sp³-hybridized carbons (Fsp3) is 0.296. The van der Waals surface area contributed by atoms with E-state index in [9.17, 15) is 18.4 Å². The number of carbonyl (C=O) groups excluding carboxylic acids is 2. The van der Waals surface area contributed by atoms with Gasteiger partial charge in [0.1, 0.15) is 23.1 Å². The van der Waals surface area contributed by atoms with Crippen LogP contribution in [0, 0.1) is 12.8 Å². The molecule has 3 aromatic rings. The number of nitrogens with one attached hydrogen (secondary N) is 1. The lowest BCUT2D eigenvalue weighted by Crippen LogP contribution is -2.14. The molecule has 0 atom stereocenters. The highest BCUT2D eigenvalue weighted by Gasteiger charge is 2.30. The van der Waals surface area contributed by atoms with Crippen molar-refractivity contribution >= 4 is 29.1 Å². The zero-order chi connectivity index (χ0) is 25.2. The average Bonchev–Trinajstić information content (AvgIpc) is 3.62. The second kappa shape index (κ2) is 10.1. The number of alkyl halides is 2. The summed E-state index contributed by atoms with van der Waals surface area (Å²) < 4.78 is 33.4. The lowest BCUT2D eigenvalue weighted by Gasteiger charge is -2.14. The fourth-order valence-corrected chi connectivity index (χ4v) is 4.00. The number of rotatable bonds is 9. The summed E-state index contributed by atoms with van der Waals surface area (Å²) in [5, 5.41) is 2.77. The van der Waals surface area contributed by atoms with Crippen molar-refractivity contribution in [2.45, 2.75) is 45.5 Å². The third-order valence-electron chi connectivity index (χ3n) is 5.70. The Morgan fingerprint density at radius 3 is 2.43 bits per heavy atom. The quantitative estimate of drug-likeness (QED) is 0.358. The monoisotopic (exact) mass is 498 g/mol. The van der Waals surface area contributed by atoms with Gasteiger partial charge in [-0.15, -0.1) is 0 Å². The third-order valence-corrected chi connectivity index (χ3v) is 6.03. The summed E-state index contributed by atoms with van der Waals surface area (Å²) >= 11 is 5.88. The first kappa shape index (κ1) is 24.8. The van der Waals surface area contributed by atoms with Crippen LogP contribution in [0.2, 0.25) is 5.02 Å². The van der Waals surface area contributed by atoms with Gasteiger partial charge in [0, 0.05) is 48.5 Å². The number of ether oxygens (including phenoxy) is 1. The average molecular weight is 499 g/mol. The lowest BCUT2D eigenvalue weighted by atomic mass is 9.99. The summed E-state index contributed by atoms with van der Waals surface area (Å²) in [7, 11) is 0. The van der Waals surface area contributed by atoms with E-state index in [1.165, 1.54) is 12.1 Å². The molecule has 2 aromatic carbocycles. The van der Waals surface area contributed by atoms with Gasteiger partial charge in [-0.1, -0.05) is 29.8 Å². The largest absolute Gasteiger partial charge is 0.457 e. The van der Waals surface area contributed by atoms with E-state index in [0.29, 0.717) is 22.9 Å². The van der Waals surface area contributed by atoms with Crippen molar-refractivity contribution in [2.75, 3.05) is 5.32 Å². The summed E-state index contributed by atoms with van der Waals surface area (Å²) in [6, 6.07) is 13.1. The Bertz CT molecular complexity index is 1270. The molecule has 1 N–H and O–H groups in total. The van der Waals surface area contributed by atoms with Gasteiger partial charge in [0.2, 0.25) is 5.91 Å². The minimum absolute atomic E-state index is 0.0217. The molecule has 182 valence electrons. The molecular formula is C27H25ClF2N2O3. The van der Waals surface area contributed by atoms with Crippen molar-refractivity contribution in [1.29, 1.82) is 0 Å². The number of ketones is 1. The summed E-state index contributed by atoms with van der Waals surface area (Å²) in [5.41, 5.74) is 1.83. The number of halogens is 3. The third kappa shape index (κ3) is 6.63. The van der Waals surface area contributed by atoms with E-state index in [2.05, 4.69) is 10.3 Å². The number of benzene rings is 2. The van der Waals surface area contributed by atoms with Gasteiger partial charge in [-0.25, -0.2) is 13.8 Å². The second-order valence-corrected chi connectivity index (χ2v) is 9.34. The molecule has 5 nitrogen and oxygen atoms in total. The zero-order valence-corrected chi connectivity index (χ0v) is 20.2. The number of aryl methyl sites for hydroxylation is 1. The molecule has 1 aromatic heterocycles. The minimum Gasteiger partial charge on any atom is -0.457 e. The van der Waals surface area contributed by atoms with Gasteiger partial charge in [0.05, 0.1) is 0 Å². The van der Waals surface area contributed by atoms with E-state index in [1.807, 2.05) is 13.0 Å². The number of amides is 1. The van der Waals surface area contributed by atoms with E-state index >= 15 is 0 Å². The maximum atomic E-state index is 13.7. The molecule has 0 saturated heterocycles. The number of Topliss-reactive ketones (excluding diaryl/α,β-unsaturated/α-hetero) is 1. The van der Waals surface area contributed by atoms with Gasteiger partial charge < -0.3 is 10.1 Å². The second-order valence-electron chi connectivity index (χ2n) is 8.94. The molecule has 1 saturated carbocycles. The predicted molar refractivity (Wildman–Crippen MR) is 130 cm³/mol. The Morgan fingerprint density at radius 2 is 1.77 bits per heavy atom. The van der Waals surface area contributed by atoms with Crippen molar-refractivity contribution in [1.82, 2.24) is 4.98 Å². The molecule has 35 heavy (non-hydrogen) atoms. The summed E-state index contributed by atoms with van der Waals surface area (Å²) in [6.07, 6.45) is 3.58.